The molecule has 1 N–H and O–H groups in total. The Bertz CT molecular complexity index is 747. The van der Waals surface area contributed by atoms with E-state index in [9.17, 15) is 9.59 Å². The Morgan fingerprint density at radius 3 is 2.85 bits per heavy atom. The zero-order chi connectivity index (χ0) is 18.4. The molecular formula is C18H22N4O4. The molecule has 8 nitrogen and oxygen atoms in total. The van der Waals surface area contributed by atoms with E-state index in [1.54, 1.807) is 17.0 Å². The summed E-state index contributed by atoms with van der Waals surface area (Å²) < 4.78 is 10.6. The molecule has 0 bridgehead atoms. The SMILES string of the molecule is CCc1noc(CCC(=O)N2CCOC(C(=O)Nc3ccccc3)C2)n1. The summed E-state index contributed by atoms with van der Waals surface area (Å²) in [7, 11) is 0. The maximum absolute atomic E-state index is 12.4. The second-order valence-electron chi connectivity index (χ2n) is 6.01. The van der Waals surface area contributed by atoms with Crippen molar-refractivity contribution in [2.75, 3.05) is 25.0 Å². The minimum atomic E-state index is -0.678. The number of amides is 2. The number of nitrogens with zero attached hydrogens (tertiary/aromatic N) is 3. The zero-order valence-corrected chi connectivity index (χ0v) is 14.7. The molecule has 0 aliphatic carbocycles. The monoisotopic (exact) mass is 358 g/mol. The van der Waals surface area contributed by atoms with E-state index in [0.717, 1.165) is 0 Å². The van der Waals surface area contributed by atoms with Gasteiger partial charge in [-0.2, -0.15) is 4.98 Å². The molecule has 1 aromatic carbocycles. The van der Waals surface area contributed by atoms with Gasteiger partial charge in [0.25, 0.3) is 5.91 Å². The topological polar surface area (TPSA) is 97.6 Å². The number of aryl methyl sites for hydroxylation is 2. The number of aromatic nitrogens is 2. The van der Waals surface area contributed by atoms with Crippen LogP contribution in [0.3, 0.4) is 0 Å². The number of para-hydroxylation sites is 1. The van der Waals surface area contributed by atoms with Crippen LogP contribution in [0.1, 0.15) is 25.1 Å². The minimum absolute atomic E-state index is 0.0536. The number of anilines is 1. The molecule has 0 radical (unpaired) electrons. The lowest BCUT2D eigenvalue weighted by atomic mass is 10.2. The second kappa shape index (κ2) is 8.57. The van der Waals surface area contributed by atoms with Gasteiger partial charge >= 0.3 is 0 Å². The van der Waals surface area contributed by atoms with Gasteiger partial charge in [-0.15, -0.1) is 0 Å². The lowest BCUT2D eigenvalue weighted by Crippen LogP contribution is -2.50. The standard InChI is InChI=1S/C18H22N4O4/c1-2-15-20-16(26-21-15)8-9-17(23)22-10-11-25-14(12-22)18(24)19-13-6-4-3-5-7-13/h3-7,14H,2,8-12H2,1H3,(H,19,24). The van der Waals surface area contributed by atoms with Crippen LogP contribution in [0, 0.1) is 0 Å². The van der Waals surface area contributed by atoms with E-state index in [2.05, 4.69) is 15.5 Å². The molecule has 26 heavy (non-hydrogen) atoms. The number of nitrogens with one attached hydrogen (secondary N) is 1. The summed E-state index contributed by atoms with van der Waals surface area (Å²) in [5.74, 6) is 0.790. The molecular weight excluding hydrogens is 336 g/mol. The maximum atomic E-state index is 12.4. The average Bonchev–Trinajstić information content (AvgIpc) is 3.15. The molecule has 0 saturated carbocycles. The van der Waals surface area contributed by atoms with E-state index >= 15 is 0 Å². The van der Waals surface area contributed by atoms with Gasteiger partial charge in [0.05, 0.1) is 13.2 Å². The van der Waals surface area contributed by atoms with Crippen molar-refractivity contribution in [1.29, 1.82) is 0 Å². The second-order valence-corrected chi connectivity index (χ2v) is 6.01. The van der Waals surface area contributed by atoms with Gasteiger partial charge in [-0.3, -0.25) is 9.59 Å². The maximum Gasteiger partial charge on any atom is 0.255 e. The summed E-state index contributed by atoms with van der Waals surface area (Å²) in [6, 6.07) is 9.17. The molecule has 2 aromatic rings. The number of carbonyl (C=O) groups excluding carboxylic acids is 2. The lowest BCUT2D eigenvalue weighted by molar-refractivity contribution is -0.144. The van der Waals surface area contributed by atoms with E-state index in [1.165, 1.54) is 0 Å². The van der Waals surface area contributed by atoms with Gasteiger partial charge in [0.1, 0.15) is 0 Å². The van der Waals surface area contributed by atoms with Crippen molar-refractivity contribution in [3.05, 3.63) is 42.0 Å². The fraction of sp³-hybridized carbons (Fsp3) is 0.444. The Kier molecular flexibility index (Phi) is 5.96. The van der Waals surface area contributed by atoms with Crippen molar-refractivity contribution in [2.24, 2.45) is 0 Å². The Hall–Kier alpha value is -2.74. The molecule has 2 heterocycles. The van der Waals surface area contributed by atoms with Crippen molar-refractivity contribution in [3.8, 4) is 0 Å². The first-order valence-corrected chi connectivity index (χ1v) is 8.72. The number of hydrogen-bond acceptors (Lipinski definition) is 6. The van der Waals surface area contributed by atoms with Crippen LogP contribution in [0.25, 0.3) is 0 Å². The molecule has 1 aliphatic heterocycles. The van der Waals surface area contributed by atoms with Crippen LogP contribution < -0.4 is 5.32 Å². The fourth-order valence-electron chi connectivity index (χ4n) is 2.69. The van der Waals surface area contributed by atoms with Crippen molar-refractivity contribution in [1.82, 2.24) is 15.0 Å². The van der Waals surface area contributed by atoms with Crippen LogP contribution in [0.5, 0.6) is 0 Å². The van der Waals surface area contributed by atoms with Crippen molar-refractivity contribution < 1.29 is 18.8 Å². The van der Waals surface area contributed by atoms with Crippen LogP contribution in [0.2, 0.25) is 0 Å². The first kappa shape index (κ1) is 18.1. The molecule has 0 spiro atoms. The van der Waals surface area contributed by atoms with Gasteiger partial charge in [-0.1, -0.05) is 30.3 Å². The van der Waals surface area contributed by atoms with Crippen molar-refractivity contribution >= 4 is 17.5 Å². The van der Waals surface area contributed by atoms with Crippen LogP contribution in [0.4, 0.5) is 5.69 Å². The third-order valence-corrected chi connectivity index (χ3v) is 4.13. The number of carbonyl (C=O) groups is 2. The van der Waals surface area contributed by atoms with Gasteiger partial charge < -0.3 is 19.5 Å². The van der Waals surface area contributed by atoms with Crippen LogP contribution in [0.15, 0.2) is 34.9 Å². The highest BCUT2D eigenvalue weighted by Gasteiger charge is 2.29. The third kappa shape index (κ3) is 4.66. The fourth-order valence-corrected chi connectivity index (χ4v) is 2.69. The van der Waals surface area contributed by atoms with Crippen LogP contribution in [-0.4, -0.2) is 52.7 Å². The van der Waals surface area contributed by atoms with Gasteiger partial charge in [0.2, 0.25) is 11.8 Å². The van der Waals surface area contributed by atoms with Gasteiger partial charge in [-0.25, -0.2) is 0 Å². The molecule has 1 saturated heterocycles. The van der Waals surface area contributed by atoms with Crippen molar-refractivity contribution in [2.45, 2.75) is 32.3 Å². The Balaban J connectivity index is 1.50. The Morgan fingerprint density at radius 1 is 1.31 bits per heavy atom. The molecule has 1 unspecified atom stereocenters. The summed E-state index contributed by atoms with van der Waals surface area (Å²) in [4.78, 5) is 30.6. The first-order valence-electron chi connectivity index (χ1n) is 8.72. The summed E-state index contributed by atoms with van der Waals surface area (Å²) in [5, 5.41) is 6.62. The highest BCUT2D eigenvalue weighted by atomic mass is 16.5. The van der Waals surface area contributed by atoms with Gasteiger partial charge in [0, 0.05) is 31.5 Å². The summed E-state index contributed by atoms with van der Waals surface area (Å²) in [5.41, 5.74) is 0.702. The number of hydrogen-bond donors (Lipinski definition) is 1. The number of rotatable bonds is 6. The largest absolute Gasteiger partial charge is 0.365 e. The third-order valence-electron chi connectivity index (χ3n) is 4.13. The summed E-state index contributed by atoms with van der Waals surface area (Å²) >= 11 is 0. The highest BCUT2D eigenvalue weighted by molar-refractivity contribution is 5.94. The van der Waals surface area contributed by atoms with Crippen LogP contribution >= 0.6 is 0 Å². The van der Waals surface area contributed by atoms with Gasteiger partial charge in [0.15, 0.2) is 11.9 Å². The molecule has 2 amide bonds. The molecule has 3 rings (SSSR count). The van der Waals surface area contributed by atoms with E-state index < -0.39 is 6.10 Å². The average molecular weight is 358 g/mol. The first-order chi connectivity index (χ1) is 12.7. The number of benzene rings is 1. The Labute approximate surface area is 151 Å². The van der Waals surface area contributed by atoms with E-state index in [4.69, 9.17) is 9.26 Å². The quantitative estimate of drug-likeness (QED) is 0.839. The van der Waals surface area contributed by atoms with Crippen molar-refractivity contribution in [3.63, 3.8) is 0 Å². The predicted molar refractivity (Wildman–Crippen MR) is 93.4 cm³/mol. The molecule has 1 aliphatic rings. The van der Waals surface area contributed by atoms with E-state index in [1.807, 2.05) is 25.1 Å². The normalized spacial score (nSPS) is 17.1. The highest BCUT2D eigenvalue weighted by Crippen LogP contribution is 2.12. The molecule has 8 heteroatoms. The van der Waals surface area contributed by atoms with E-state index in [0.29, 0.717) is 43.4 Å². The number of ether oxygens (including phenoxy) is 1. The van der Waals surface area contributed by atoms with E-state index in [-0.39, 0.29) is 24.8 Å². The van der Waals surface area contributed by atoms with Gasteiger partial charge in [-0.05, 0) is 12.1 Å². The summed E-state index contributed by atoms with van der Waals surface area (Å²) in [6.07, 6.45) is 0.671. The molecule has 138 valence electrons. The Morgan fingerprint density at radius 2 is 2.12 bits per heavy atom. The molecule has 1 aromatic heterocycles. The molecule has 1 atom stereocenters. The lowest BCUT2D eigenvalue weighted by Gasteiger charge is -2.32. The summed E-state index contributed by atoms with van der Waals surface area (Å²) in [6.45, 7) is 2.98. The zero-order valence-electron chi connectivity index (χ0n) is 14.7. The minimum Gasteiger partial charge on any atom is -0.365 e. The van der Waals surface area contributed by atoms with Crippen LogP contribution in [-0.2, 0) is 27.2 Å². The molecule has 1 fully saturated rings. The predicted octanol–water partition coefficient (Wildman–Crippen LogP) is 1.43. The smallest absolute Gasteiger partial charge is 0.255 e. The number of morpholine rings is 1.